The Morgan fingerprint density at radius 1 is 1.45 bits per heavy atom. The van der Waals surface area contributed by atoms with Crippen LogP contribution >= 0.6 is 15.9 Å². The first-order valence-corrected chi connectivity index (χ1v) is 7.64. The Hall–Kier alpha value is -1.07. The molecule has 0 unspecified atom stereocenters. The fourth-order valence-electron chi connectivity index (χ4n) is 1.99. The molecule has 5 heteroatoms. The molecule has 20 heavy (non-hydrogen) atoms. The first-order chi connectivity index (χ1) is 9.43. The van der Waals surface area contributed by atoms with Crippen LogP contribution in [0.3, 0.4) is 0 Å². The van der Waals surface area contributed by atoms with Crippen LogP contribution in [-0.2, 0) is 11.2 Å². The minimum absolute atomic E-state index is 0.00939. The number of aryl methyl sites for hydroxylation is 1. The highest BCUT2D eigenvalue weighted by Gasteiger charge is 2.10. The van der Waals surface area contributed by atoms with Crippen LogP contribution in [0.4, 0.5) is 0 Å². The summed E-state index contributed by atoms with van der Waals surface area (Å²) in [7, 11) is 0. The van der Waals surface area contributed by atoms with Crippen molar-refractivity contribution in [2.24, 2.45) is 5.73 Å². The first kappa shape index (κ1) is 17.0. The SMILES string of the molecule is Cc1cc(Br)cc(CCN)c1OCCC(=O)NC(C)C. The summed E-state index contributed by atoms with van der Waals surface area (Å²) in [5.74, 6) is 0.853. The maximum absolute atomic E-state index is 11.6. The quantitative estimate of drug-likeness (QED) is 0.800. The highest BCUT2D eigenvalue weighted by molar-refractivity contribution is 9.10. The van der Waals surface area contributed by atoms with E-state index in [9.17, 15) is 4.79 Å². The van der Waals surface area contributed by atoms with E-state index in [4.69, 9.17) is 10.5 Å². The molecule has 1 aromatic rings. The third-order valence-corrected chi connectivity index (χ3v) is 3.21. The fraction of sp³-hybridized carbons (Fsp3) is 0.533. The average molecular weight is 343 g/mol. The molecule has 0 aliphatic heterocycles. The molecule has 0 heterocycles. The monoisotopic (exact) mass is 342 g/mol. The van der Waals surface area contributed by atoms with Crippen LogP contribution in [0.5, 0.6) is 5.75 Å². The summed E-state index contributed by atoms with van der Waals surface area (Å²) >= 11 is 3.48. The highest BCUT2D eigenvalue weighted by atomic mass is 79.9. The second-order valence-corrected chi connectivity index (χ2v) is 5.99. The zero-order valence-corrected chi connectivity index (χ0v) is 13.9. The molecule has 0 radical (unpaired) electrons. The molecule has 0 spiro atoms. The molecule has 1 rings (SSSR count). The summed E-state index contributed by atoms with van der Waals surface area (Å²) in [6.07, 6.45) is 1.11. The van der Waals surface area contributed by atoms with Crippen molar-refractivity contribution in [3.8, 4) is 5.75 Å². The number of halogens is 1. The molecule has 0 atom stereocenters. The van der Waals surface area contributed by atoms with Crippen molar-refractivity contribution in [3.05, 3.63) is 27.7 Å². The van der Waals surface area contributed by atoms with Crippen LogP contribution in [0.2, 0.25) is 0 Å². The predicted octanol–water partition coefficient (Wildman–Crippen LogP) is 2.55. The molecule has 0 saturated heterocycles. The van der Waals surface area contributed by atoms with Gasteiger partial charge in [0.15, 0.2) is 0 Å². The average Bonchev–Trinajstić information content (AvgIpc) is 2.31. The van der Waals surface area contributed by atoms with Gasteiger partial charge in [-0.15, -0.1) is 0 Å². The molecule has 0 aliphatic carbocycles. The van der Waals surface area contributed by atoms with Crippen molar-refractivity contribution >= 4 is 21.8 Å². The number of benzene rings is 1. The number of ether oxygens (including phenoxy) is 1. The topological polar surface area (TPSA) is 64.3 Å². The largest absolute Gasteiger partial charge is 0.492 e. The van der Waals surface area contributed by atoms with Gasteiger partial charge >= 0.3 is 0 Å². The predicted molar refractivity (Wildman–Crippen MR) is 85.0 cm³/mol. The van der Waals surface area contributed by atoms with Gasteiger partial charge in [0.05, 0.1) is 13.0 Å². The number of hydrogen-bond donors (Lipinski definition) is 2. The third kappa shape index (κ3) is 5.51. The van der Waals surface area contributed by atoms with Crippen LogP contribution in [0.25, 0.3) is 0 Å². The van der Waals surface area contributed by atoms with Crippen LogP contribution < -0.4 is 15.8 Å². The maximum Gasteiger partial charge on any atom is 0.223 e. The van der Waals surface area contributed by atoms with Crippen LogP contribution in [0.1, 0.15) is 31.4 Å². The Bertz CT molecular complexity index is 461. The van der Waals surface area contributed by atoms with Crippen molar-refractivity contribution in [2.75, 3.05) is 13.2 Å². The molecule has 0 saturated carbocycles. The molecule has 4 nitrogen and oxygen atoms in total. The molecule has 3 N–H and O–H groups in total. The summed E-state index contributed by atoms with van der Waals surface area (Å²) in [6, 6.07) is 4.18. The summed E-state index contributed by atoms with van der Waals surface area (Å²) in [5, 5.41) is 2.85. The van der Waals surface area contributed by atoms with E-state index in [2.05, 4.69) is 21.2 Å². The smallest absolute Gasteiger partial charge is 0.223 e. The van der Waals surface area contributed by atoms with E-state index < -0.39 is 0 Å². The Balaban J connectivity index is 2.65. The first-order valence-electron chi connectivity index (χ1n) is 6.85. The molecule has 0 aliphatic rings. The number of amides is 1. The Kier molecular flexibility index (Phi) is 7.02. The van der Waals surface area contributed by atoms with Gasteiger partial charge in [-0.05, 0) is 57.0 Å². The van der Waals surface area contributed by atoms with Crippen LogP contribution in [0, 0.1) is 6.92 Å². The lowest BCUT2D eigenvalue weighted by Crippen LogP contribution is -2.31. The Morgan fingerprint density at radius 3 is 2.75 bits per heavy atom. The molecule has 1 aromatic carbocycles. The van der Waals surface area contributed by atoms with Crippen molar-refractivity contribution in [3.63, 3.8) is 0 Å². The lowest BCUT2D eigenvalue weighted by molar-refractivity contribution is -0.122. The lowest BCUT2D eigenvalue weighted by atomic mass is 10.1. The van der Waals surface area contributed by atoms with Crippen LogP contribution in [0.15, 0.2) is 16.6 Å². The van der Waals surface area contributed by atoms with E-state index in [1.165, 1.54) is 0 Å². The normalized spacial score (nSPS) is 10.7. The van der Waals surface area contributed by atoms with E-state index in [0.29, 0.717) is 19.6 Å². The van der Waals surface area contributed by atoms with E-state index in [-0.39, 0.29) is 11.9 Å². The zero-order chi connectivity index (χ0) is 15.1. The van der Waals surface area contributed by atoms with E-state index >= 15 is 0 Å². The standard InChI is InChI=1S/C15H23BrN2O2/c1-10(2)18-14(19)5-7-20-15-11(3)8-13(16)9-12(15)4-6-17/h8-10H,4-7,17H2,1-3H3,(H,18,19). The van der Waals surface area contributed by atoms with Gasteiger partial charge in [0, 0.05) is 10.5 Å². The second kappa shape index (κ2) is 8.27. The van der Waals surface area contributed by atoms with Gasteiger partial charge in [-0.3, -0.25) is 4.79 Å². The number of carbonyl (C=O) groups excluding carboxylic acids is 1. The molecule has 0 fully saturated rings. The fourth-order valence-corrected chi connectivity index (χ4v) is 2.61. The van der Waals surface area contributed by atoms with Gasteiger partial charge in [0.2, 0.25) is 5.91 Å². The van der Waals surface area contributed by atoms with Gasteiger partial charge in [-0.25, -0.2) is 0 Å². The van der Waals surface area contributed by atoms with E-state index in [1.54, 1.807) is 0 Å². The highest BCUT2D eigenvalue weighted by Crippen LogP contribution is 2.28. The van der Waals surface area contributed by atoms with Gasteiger partial charge in [0.25, 0.3) is 0 Å². The summed E-state index contributed by atoms with van der Waals surface area (Å²) < 4.78 is 6.81. The number of nitrogens with one attached hydrogen (secondary N) is 1. The van der Waals surface area contributed by atoms with Gasteiger partial charge in [-0.2, -0.15) is 0 Å². The molecule has 1 amide bonds. The Labute approximate surface area is 129 Å². The minimum Gasteiger partial charge on any atom is -0.492 e. The summed E-state index contributed by atoms with van der Waals surface area (Å²) in [5.41, 5.74) is 7.75. The minimum atomic E-state index is 0.00939. The number of carbonyl (C=O) groups is 1. The van der Waals surface area contributed by atoms with Crippen LogP contribution in [-0.4, -0.2) is 25.1 Å². The second-order valence-electron chi connectivity index (χ2n) is 5.07. The Morgan fingerprint density at radius 2 is 2.15 bits per heavy atom. The van der Waals surface area contributed by atoms with Crippen molar-refractivity contribution in [1.29, 1.82) is 0 Å². The van der Waals surface area contributed by atoms with Gasteiger partial charge in [-0.1, -0.05) is 15.9 Å². The lowest BCUT2D eigenvalue weighted by Gasteiger charge is -2.15. The molecule has 0 bridgehead atoms. The molecule has 112 valence electrons. The van der Waals surface area contributed by atoms with Crippen molar-refractivity contribution in [1.82, 2.24) is 5.32 Å². The summed E-state index contributed by atoms with van der Waals surface area (Å²) in [4.78, 5) is 11.6. The van der Waals surface area contributed by atoms with Crippen molar-refractivity contribution in [2.45, 2.75) is 39.7 Å². The number of rotatable bonds is 7. The molecular formula is C15H23BrN2O2. The molecular weight excluding hydrogens is 320 g/mol. The molecule has 0 aromatic heterocycles. The van der Waals surface area contributed by atoms with Gasteiger partial charge in [0.1, 0.15) is 5.75 Å². The van der Waals surface area contributed by atoms with E-state index in [0.717, 1.165) is 27.8 Å². The zero-order valence-electron chi connectivity index (χ0n) is 12.3. The summed E-state index contributed by atoms with van der Waals surface area (Å²) in [6.45, 7) is 6.82. The number of nitrogens with two attached hydrogens (primary N) is 1. The van der Waals surface area contributed by atoms with E-state index in [1.807, 2.05) is 32.9 Å². The third-order valence-electron chi connectivity index (χ3n) is 2.76. The maximum atomic E-state index is 11.6. The van der Waals surface area contributed by atoms with Gasteiger partial charge < -0.3 is 15.8 Å². The van der Waals surface area contributed by atoms with Crippen molar-refractivity contribution < 1.29 is 9.53 Å². The number of hydrogen-bond acceptors (Lipinski definition) is 3.